The van der Waals surface area contributed by atoms with Gasteiger partial charge in [0.2, 0.25) is 21.8 Å². The first-order chi connectivity index (χ1) is 17.6. The second-order valence-corrected chi connectivity index (χ2v) is 11.5. The Labute approximate surface area is 227 Å². The number of hydrogen-bond acceptors (Lipinski definition) is 4. The predicted molar refractivity (Wildman–Crippen MR) is 151 cm³/mol. The van der Waals surface area contributed by atoms with Gasteiger partial charge in [-0.15, -0.1) is 0 Å². The number of unbranched alkanes of at least 4 members (excludes halogenated alkanes) is 1. The molecule has 0 aliphatic carbocycles. The fraction of sp³-hybridized carbons (Fsp3) is 0.500. The van der Waals surface area contributed by atoms with Gasteiger partial charge in [0.15, 0.2) is 0 Å². The molecule has 0 heterocycles. The predicted octanol–water partition coefficient (Wildman–Crippen LogP) is 5.17. The normalized spacial score (nSPS) is 12.1. The zero-order valence-electron chi connectivity index (χ0n) is 22.4. The van der Waals surface area contributed by atoms with Gasteiger partial charge in [0.25, 0.3) is 0 Å². The van der Waals surface area contributed by atoms with Crippen molar-refractivity contribution in [2.75, 3.05) is 23.7 Å². The summed E-state index contributed by atoms with van der Waals surface area (Å²) in [5.41, 5.74) is 2.56. The summed E-state index contributed by atoms with van der Waals surface area (Å²) in [4.78, 5) is 28.0. The second-order valence-electron chi connectivity index (χ2n) is 9.18. The number of nitrogens with one attached hydrogen (secondary N) is 1. The lowest BCUT2D eigenvalue weighted by Crippen LogP contribution is -2.49. The smallest absolute Gasteiger partial charge is 0.242 e. The number of benzene rings is 2. The summed E-state index contributed by atoms with van der Waals surface area (Å²) in [5, 5.41) is 3.54. The summed E-state index contributed by atoms with van der Waals surface area (Å²) in [7, 11) is -3.52. The highest BCUT2D eigenvalue weighted by Gasteiger charge is 2.28. The van der Waals surface area contributed by atoms with E-state index in [9.17, 15) is 18.0 Å². The minimum Gasteiger partial charge on any atom is -0.354 e. The van der Waals surface area contributed by atoms with E-state index in [1.807, 2.05) is 38.1 Å². The number of halogens is 1. The van der Waals surface area contributed by atoms with Gasteiger partial charge < -0.3 is 10.2 Å². The van der Waals surface area contributed by atoms with Crippen molar-refractivity contribution in [1.29, 1.82) is 0 Å². The Bertz CT molecular complexity index is 1110. The van der Waals surface area contributed by atoms with Gasteiger partial charge in [-0.1, -0.05) is 63.1 Å². The zero-order valence-corrected chi connectivity index (χ0v) is 23.9. The molecule has 2 aromatic carbocycles. The molecule has 0 unspecified atom stereocenters. The summed E-state index contributed by atoms with van der Waals surface area (Å²) >= 11 is 6.03. The average Bonchev–Trinajstić information content (AvgIpc) is 2.87. The number of rotatable bonds is 15. The van der Waals surface area contributed by atoms with Crippen molar-refractivity contribution in [2.45, 2.75) is 71.9 Å². The highest BCUT2D eigenvalue weighted by molar-refractivity contribution is 7.92. The fourth-order valence-corrected chi connectivity index (χ4v) is 5.21. The van der Waals surface area contributed by atoms with Crippen LogP contribution in [0.5, 0.6) is 0 Å². The van der Waals surface area contributed by atoms with Gasteiger partial charge in [-0.2, -0.15) is 0 Å². The first kappa shape index (κ1) is 30.6. The molecular weight excluding hydrogens is 510 g/mol. The number of carbonyl (C=O) groups excluding carboxylic acids is 2. The van der Waals surface area contributed by atoms with Crippen molar-refractivity contribution in [3.05, 3.63) is 64.7 Å². The van der Waals surface area contributed by atoms with Crippen LogP contribution in [0.4, 0.5) is 5.69 Å². The van der Waals surface area contributed by atoms with Gasteiger partial charge in [0, 0.05) is 31.1 Å². The molecule has 2 amide bonds. The fourth-order valence-electron chi connectivity index (χ4n) is 4.11. The Morgan fingerprint density at radius 1 is 0.946 bits per heavy atom. The number of carbonyl (C=O) groups is 2. The largest absolute Gasteiger partial charge is 0.354 e. The SMILES string of the molecule is CCCCNC(=O)[C@H](CC)N(Cc1ccc(Cl)cc1)C(=O)CCCN(c1ccc(CC)cc1)S(C)(=O)=O. The van der Waals surface area contributed by atoms with E-state index in [4.69, 9.17) is 11.6 Å². The van der Waals surface area contributed by atoms with E-state index < -0.39 is 16.1 Å². The number of amides is 2. The maximum absolute atomic E-state index is 13.5. The van der Waals surface area contributed by atoms with Gasteiger partial charge >= 0.3 is 0 Å². The standard InChI is InChI=1S/C28H40ClN3O4S/c1-5-8-19-30-28(34)26(7-3)31(21-23-11-15-24(29)16-12-23)27(33)10-9-20-32(37(4,35)36)25-17-13-22(6-2)14-18-25/h11-18,26H,5-10,19-21H2,1-4H3,(H,30,34)/t26-/m0/s1. The molecule has 0 spiro atoms. The van der Waals surface area contributed by atoms with Crippen LogP contribution in [0.25, 0.3) is 0 Å². The van der Waals surface area contributed by atoms with Crippen LogP contribution in [0.3, 0.4) is 0 Å². The van der Waals surface area contributed by atoms with Crippen LogP contribution in [0.1, 0.15) is 64.0 Å². The van der Waals surface area contributed by atoms with Crippen molar-refractivity contribution >= 4 is 39.1 Å². The van der Waals surface area contributed by atoms with E-state index in [-0.39, 0.29) is 31.3 Å². The molecule has 0 fully saturated rings. The van der Waals surface area contributed by atoms with E-state index >= 15 is 0 Å². The van der Waals surface area contributed by atoms with Crippen LogP contribution in [0, 0.1) is 0 Å². The molecule has 0 bridgehead atoms. The van der Waals surface area contributed by atoms with Gasteiger partial charge in [0.05, 0.1) is 11.9 Å². The third kappa shape index (κ3) is 9.67. The van der Waals surface area contributed by atoms with E-state index in [1.54, 1.807) is 29.2 Å². The Kier molecular flexibility index (Phi) is 12.4. The Balaban J connectivity index is 2.18. The van der Waals surface area contributed by atoms with Gasteiger partial charge in [0.1, 0.15) is 6.04 Å². The Morgan fingerprint density at radius 3 is 2.11 bits per heavy atom. The number of anilines is 1. The summed E-state index contributed by atoms with van der Waals surface area (Å²) < 4.78 is 26.3. The maximum Gasteiger partial charge on any atom is 0.242 e. The van der Waals surface area contributed by atoms with Crippen molar-refractivity contribution in [1.82, 2.24) is 10.2 Å². The first-order valence-corrected chi connectivity index (χ1v) is 15.2. The number of nitrogens with zero attached hydrogens (tertiary/aromatic N) is 2. The zero-order chi connectivity index (χ0) is 27.4. The minimum atomic E-state index is -3.52. The molecule has 0 aliphatic rings. The Hall–Kier alpha value is -2.58. The molecule has 2 rings (SSSR count). The molecular formula is C28H40ClN3O4S. The van der Waals surface area contributed by atoms with Crippen LogP contribution in [-0.4, -0.2) is 50.5 Å². The van der Waals surface area contributed by atoms with E-state index in [0.717, 1.165) is 30.4 Å². The van der Waals surface area contributed by atoms with Crippen molar-refractivity contribution in [2.24, 2.45) is 0 Å². The van der Waals surface area contributed by atoms with E-state index in [1.165, 1.54) is 10.6 Å². The summed E-state index contributed by atoms with van der Waals surface area (Å²) in [5.74, 6) is -0.366. The molecule has 0 aromatic heterocycles. The average molecular weight is 550 g/mol. The molecule has 0 radical (unpaired) electrons. The molecule has 1 atom stereocenters. The third-order valence-electron chi connectivity index (χ3n) is 6.27. The van der Waals surface area contributed by atoms with Crippen LogP contribution >= 0.6 is 11.6 Å². The molecule has 7 nitrogen and oxygen atoms in total. The lowest BCUT2D eigenvalue weighted by Gasteiger charge is -2.31. The minimum absolute atomic E-state index is 0.116. The van der Waals surface area contributed by atoms with Crippen LogP contribution in [0.2, 0.25) is 5.02 Å². The lowest BCUT2D eigenvalue weighted by molar-refractivity contribution is -0.141. The number of aryl methyl sites for hydroxylation is 1. The van der Waals surface area contributed by atoms with Crippen LogP contribution in [0.15, 0.2) is 48.5 Å². The summed E-state index contributed by atoms with van der Waals surface area (Å²) in [6.45, 7) is 6.98. The van der Waals surface area contributed by atoms with E-state index in [2.05, 4.69) is 12.2 Å². The Morgan fingerprint density at radius 2 is 1.57 bits per heavy atom. The van der Waals surface area contributed by atoms with Crippen LogP contribution in [-0.2, 0) is 32.6 Å². The molecule has 1 N–H and O–H groups in total. The van der Waals surface area contributed by atoms with Crippen molar-refractivity contribution in [3.63, 3.8) is 0 Å². The first-order valence-electron chi connectivity index (χ1n) is 13.0. The molecule has 0 aliphatic heterocycles. The number of hydrogen-bond donors (Lipinski definition) is 1. The quantitative estimate of drug-likeness (QED) is 0.310. The second kappa shape index (κ2) is 15.0. The highest BCUT2D eigenvalue weighted by atomic mass is 35.5. The van der Waals surface area contributed by atoms with Gasteiger partial charge in [-0.25, -0.2) is 8.42 Å². The summed E-state index contributed by atoms with van der Waals surface area (Å²) in [6, 6.07) is 14.0. The van der Waals surface area contributed by atoms with E-state index in [0.29, 0.717) is 30.1 Å². The molecule has 0 saturated carbocycles. The monoisotopic (exact) mass is 549 g/mol. The molecule has 0 saturated heterocycles. The molecule has 9 heteroatoms. The van der Waals surface area contributed by atoms with Crippen LogP contribution < -0.4 is 9.62 Å². The van der Waals surface area contributed by atoms with Crippen molar-refractivity contribution in [3.8, 4) is 0 Å². The third-order valence-corrected chi connectivity index (χ3v) is 7.71. The summed E-state index contributed by atoms with van der Waals surface area (Å²) in [6.07, 6.45) is 4.77. The van der Waals surface area contributed by atoms with Crippen molar-refractivity contribution < 1.29 is 18.0 Å². The lowest BCUT2D eigenvalue weighted by atomic mass is 10.1. The molecule has 2 aromatic rings. The van der Waals surface area contributed by atoms with Gasteiger partial charge in [-0.05, 0) is 61.1 Å². The maximum atomic E-state index is 13.5. The molecule has 37 heavy (non-hydrogen) atoms. The van der Waals surface area contributed by atoms with Gasteiger partial charge in [-0.3, -0.25) is 13.9 Å². The topological polar surface area (TPSA) is 86.8 Å². The molecule has 204 valence electrons. The highest BCUT2D eigenvalue weighted by Crippen LogP contribution is 2.21. The number of sulfonamides is 1.